The lowest BCUT2D eigenvalue weighted by Gasteiger charge is -2.08. The van der Waals surface area contributed by atoms with E-state index in [1.54, 1.807) is 19.1 Å². The van der Waals surface area contributed by atoms with Gasteiger partial charge in [0.25, 0.3) is 0 Å². The molecule has 8 heteroatoms. The molecule has 25 heavy (non-hydrogen) atoms. The van der Waals surface area contributed by atoms with Gasteiger partial charge in [0.2, 0.25) is 15.9 Å². The summed E-state index contributed by atoms with van der Waals surface area (Å²) in [5.41, 5.74) is 1.13. The highest BCUT2D eigenvalue weighted by atomic mass is 32.2. The van der Waals surface area contributed by atoms with E-state index in [1.165, 1.54) is 6.07 Å². The second-order valence-electron chi connectivity index (χ2n) is 5.46. The highest BCUT2D eigenvalue weighted by molar-refractivity contribution is 7.89. The summed E-state index contributed by atoms with van der Waals surface area (Å²) in [5, 5.41) is 2.59. The van der Waals surface area contributed by atoms with E-state index in [0.717, 1.165) is 24.3 Å². The van der Waals surface area contributed by atoms with Gasteiger partial charge in [-0.2, -0.15) is 0 Å². The molecule has 0 aliphatic rings. The maximum atomic E-state index is 13.4. The van der Waals surface area contributed by atoms with E-state index in [4.69, 9.17) is 0 Å². The van der Waals surface area contributed by atoms with Crippen LogP contribution in [0.25, 0.3) is 0 Å². The molecule has 0 aromatic heterocycles. The van der Waals surface area contributed by atoms with Crippen LogP contribution in [0, 0.1) is 18.6 Å². The maximum absolute atomic E-state index is 13.4. The fourth-order valence-corrected chi connectivity index (χ4v) is 3.06. The van der Waals surface area contributed by atoms with Gasteiger partial charge in [-0.15, -0.1) is 0 Å². The van der Waals surface area contributed by atoms with Gasteiger partial charge >= 0.3 is 0 Å². The van der Waals surface area contributed by atoms with Gasteiger partial charge in [-0.1, -0.05) is 12.1 Å². The first-order valence-corrected chi connectivity index (χ1v) is 9.03. The molecule has 0 atom stereocenters. The zero-order valence-electron chi connectivity index (χ0n) is 13.6. The Morgan fingerprint density at radius 2 is 1.76 bits per heavy atom. The number of aryl methyl sites for hydroxylation is 1. The van der Waals surface area contributed by atoms with E-state index in [9.17, 15) is 22.0 Å². The molecule has 0 bridgehead atoms. The van der Waals surface area contributed by atoms with Gasteiger partial charge in [0.05, 0.1) is 4.90 Å². The number of hydrogen-bond acceptors (Lipinski definition) is 3. The van der Waals surface area contributed by atoms with Crippen molar-refractivity contribution in [2.24, 2.45) is 0 Å². The van der Waals surface area contributed by atoms with Crippen molar-refractivity contribution >= 4 is 15.9 Å². The average Bonchev–Trinajstić information content (AvgIpc) is 2.56. The number of sulfonamides is 1. The zero-order chi connectivity index (χ0) is 18.4. The standard InChI is InChI=1S/C17H18F2N2O3S/c1-12-2-3-13(10-16(12)19)11-20-17(22)8-9-21-25(23,24)15-6-4-14(18)5-7-15/h2-7,10,21H,8-9,11H2,1H3,(H,20,22). The summed E-state index contributed by atoms with van der Waals surface area (Å²) in [5.74, 6) is -1.26. The number of benzene rings is 2. The Balaban J connectivity index is 1.79. The number of rotatable bonds is 7. The average molecular weight is 368 g/mol. The molecule has 0 saturated carbocycles. The molecule has 0 spiro atoms. The summed E-state index contributed by atoms with van der Waals surface area (Å²) in [6, 6.07) is 9.04. The molecule has 134 valence electrons. The Morgan fingerprint density at radius 3 is 2.40 bits per heavy atom. The molecule has 2 aromatic rings. The van der Waals surface area contributed by atoms with Crippen LogP contribution in [0.3, 0.4) is 0 Å². The van der Waals surface area contributed by atoms with Crippen molar-refractivity contribution in [2.75, 3.05) is 6.54 Å². The first kappa shape index (κ1) is 19.0. The van der Waals surface area contributed by atoms with E-state index < -0.39 is 15.8 Å². The topological polar surface area (TPSA) is 75.3 Å². The first-order valence-electron chi connectivity index (χ1n) is 7.55. The molecule has 2 N–H and O–H groups in total. The molecule has 2 rings (SSSR count). The van der Waals surface area contributed by atoms with Gasteiger partial charge in [0, 0.05) is 19.5 Å². The second kappa shape index (κ2) is 8.17. The molecule has 5 nitrogen and oxygen atoms in total. The van der Waals surface area contributed by atoms with Gasteiger partial charge in [0.15, 0.2) is 0 Å². The third-order valence-corrected chi connectivity index (χ3v) is 4.97. The molecule has 0 aliphatic heterocycles. The van der Waals surface area contributed by atoms with E-state index in [1.807, 2.05) is 0 Å². The Bertz CT molecular complexity index is 853. The first-order chi connectivity index (χ1) is 11.8. The van der Waals surface area contributed by atoms with Gasteiger partial charge in [0.1, 0.15) is 11.6 Å². The van der Waals surface area contributed by atoms with Crippen LogP contribution in [0.4, 0.5) is 8.78 Å². The third kappa shape index (κ3) is 5.61. The number of halogens is 2. The predicted octanol–water partition coefficient (Wildman–Crippen LogP) is 2.26. The maximum Gasteiger partial charge on any atom is 0.240 e. The van der Waals surface area contributed by atoms with Crippen molar-refractivity contribution in [1.82, 2.24) is 10.0 Å². The van der Waals surface area contributed by atoms with Crippen LogP contribution in [0.1, 0.15) is 17.5 Å². The summed E-state index contributed by atoms with van der Waals surface area (Å²) in [6.45, 7) is 1.69. The number of carbonyl (C=O) groups excluding carboxylic acids is 1. The zero-order valence-corrected chi connectivity index (χ0v) is 14.4. The normalized spacial score (nSPS) is 11.3. The minimum absolute atomic E-state index is 0.0746. The summed E-state index contributed by atoms with van der Waals surface area (Å²) in [4.78, 5) is 11.7. The highest BCUT2D eigenvalue weighted by Crippen LogP contribution is 2.10. The molecule has 0 aliphatic carbocycles. The van der Waals surface area contributed by atoms with Crippen molar-refractivity contribution in [2.45, 2.75) is 24.8 Å². The predicted molar refractivity (Wildman–Crippen MR) is 89.2 cm³/mol. The lowest BCUT2D eigenvalue weighted by atomic mass is 10.1. The fraction of sp³-hybridized carbons (Fsp3) is 0.235. The number of nitrogens with one attached hydrogen (secondary N) is 2. The van der Waals surface area contributed by atoms with Gasteiger partial charge in [-0.25, -0.2) is 21.9 Å². The minimum atomic E-state index is -3.80. The monoisotopic (exact) mass is 368 g/mol. The van der Waals surface area contributed by atoms with E-state index in [0.29, 0.717) is 11.1 Å². The lowest BCUT2D eigenvalue weighted by Crippen LogP contribution is -2.30. The molecular weight excluding hydrogens is 350 g/mol. The van der Waals surface area contributed by atoms with Gasteiger partial charge in [-0.05, 0) is 48.4 Å². The van der Waals surface area contributed by atoms with E-state index in [-0.39, 0.29) is 36.1 Å². The summed E-state index contributed by atoms with van der Waals surface area (Å²) < 4.78 is 52.4. The molecule has 0 radical (unpaired) electrons. The van der Waals surface area contributed by atoms with Crippen LogP contribution in [0.15, 0.2) is 47.4 Å². The number of hydrogen-bond donors (Lipinski definition) is 2. The minimum Gasteiger partial charge on any atom is -0.352 e. The molecule has 1 amide bonds. The molecular formula is C17H18F2N2O3S. The van der Waals surface area contributed by atoms with Crippen molar-refractivity contribution in [3.8, 4) is 0 Å². The van der Waals surface area contributed by atoms with Crippen molar-refractivity contribution < 1.29 is 22.0 Å². The number of amides is 1. The van der Waals surface area contributed by atoms with Crippen molar-refractivity contribution in [3.05, 3.63) is 65.2 Å². The van der Waals surface area contributed by atoms with Crippen LogP contribution in [-0.4, -0.2) is 20.9 Å². The van der Waals surface area contributed by atoms with Crippen LogP contribution >= 0.6 is 0 Å². The Labute approximate surface area is 145 Å². The van der Waals surface area contributed by atoms with E-state index in [2.05, 4.69) is 10.0 Å². The summed E-state index contributed by atoms with van der Waals surface area (Å²) in [7, 11) is -3.80. The summed E-state index contributed by atoms with van der Waals surface area (Å²) >= 11 is 0. The van der Waals surface area contributed by atoms with Crippen LogP contribution in [0.5, 0.6) is 0 Å². The molecule has 2 aromatic carbocycles. The Morgan fingerprint density at radius 1 is 1.08 bits per heavy atom. The molecule has 0 fully saturated rings. The summed E-state index contributed by atoms with van der Waals surface area (Å²) in [6.07, 6.45) is -0.0746. The third-order valence-electron chi connectivity index (χ3n) is 3.49. The van der Waals surface area contributed by atoms with Crippen molar-refractivity contribution in [3.63, 3.8) is 0 Å². The van der Waals surface area contributed by atoms with Gasteiger partial charge < -0.3 is 5.32 Å². The smallest absolute Gasteiger partial charge is 0.240 e. The number of carbonyl (C=O) groups is 1. The van der Waals surface area contributed by atoms with Crippen LogP contribution in [0.2, 0.25) is 0 Å². The van der Waals surface area contributed by atoms with E-state index >= 15 is 0 Å². The highest BCUT2D eigenvalue weighted by Gasteiger charge is 2.14. The Kier molecular flexibility index (Phi) is 6.22. The van der Waals surface area contributed by atoms with Crippen LogP contribution in [-0.2, 0) is 21.4 Å². The molecule has 0 heterocycles. The van der Waals surface area contributed by atoms with Crippen molar-refractivity contribution in [1.29, 1.82) is 0 Å². The molecule has 0 saturated heterocycles. The SMILES string of the molecule is Cc1ccc(CNC(=O)CCNS(=O)(=O)c2ccc(F)cc2)cc1F. The van der Waals surface area contributed by atoms with Crippen LogP contribution < -0.4 is 10.0 Å². The van der Waals surface area contributed by atoms with Gasteiger partial charge in [-0.3, -0.25) is 4.79 Å². The largest absolute Gasteiger partial charge is 0.352 e. The lowest BCUT2D eigenvalue weighted by molar-refractivity contribution is -0.121. The fourth-order valence-electron chi connectivity index (χ4n) is 2.03. The quantitative estimate of drug-likeness (QED) is 0.787. The second-order valence-corrected chi connectivity index (χ2v) is 7.23. The Hall–Kier alpha value is -2.32. The molecule has 0 unspecified atom stereocenters.